The van der Waals surface area contributed by atoms with Gasteiger partial charge in [0.2, 0.25) is 0 Å². The number of hydrogen-bond acceptors (Lipinski definition) is 4. The normalized spacial score (nSPS) is 11.4. The zero-order valence-corrected chi connectivity index (χ0v) is 11.3. The lowest BCUT2D eigenvalue weighted by Gasteiger charge is -2.10. The number of halogens is 2. The maximum atomic E-state index is 11.1. The van der Waals surface area contributed by atoms with Crippen LogP contribution in [-0.4, -0.2) is 24.5 Å². The highest BCUT2D eigenvalue weighted by Gasteiger charge is 2.16. The van der Waals surface area contributed by atoms with Crippen molar-refractivity contribution in [3.63, 3.8) is 0 Å². The molecule has 0 radical (unpaired) electrons. The fourth-order valence-electron chi connectivity index (χ4n) is 1.04. The first-order valence-corrected chi connectivity index (χ1v) is 5.92. The highest BCUT2D eigenvalue weighted by atomic mass is 79.9. The van der Waals surface area contributed by atoms with E-state index in [1.54, 1.807) is 12.1 Å². The van der Waals surface area contributed by atoms with Gasteiger partial charge in [-0.1, -0.05) is 27.5 Å². The Hall–Kier alpha value is -1.25. The lowest BCUT2D eigenvalue weighted by Crippen LogP contribution is -2.22. The summed E-state index contributed by atoms with van der Waals surface area (Å²) in [4.78, 5) is 10.5. The molecular formula is C11H9BrClNO3. The van der Waals surface area contributed by atoms with Crippen LogP contribution in [0.15, 0.2) is 18.2 Å². The van der Waals surface area contributed by atoms with E-state index in [1.165, 1.54) is 13.2 Å². The average molecular weight is 319 g/mol. The second-order valence-corrected chi connectivity index (χ2v) is 4.57. The van der Waals surface area contributed by atoms with Gasteiger partial charge in [-0.3, -0.25) is 4.79 Å². The fraction of sp³-hybridized carbons (Fsp3) is 0.273. The number of carbonyl (C=O) groups excluding carboxylic acids is 1. The van der Waals surface area contributed by atoms with E-state index in [2.05, 4.69) is 20.7 Å². The van der Waals surface area contributed by atoms with Crippen molar-refractivity contribution in [2.45, 2.75) is 4.83 Å². The summed E-state index contributed by atoms with van der Waals surface area (Å²) in [5.74, 6) is 0.0760. The van der Waals surface area contributed by atoms with Gasteiger partial charge in [0, 0.05) is 6.07 Å². The standard InChI is InChI=1S/C11H9BrClNO3/c1-16-11(15)9(12)6-17-8-3-2-7(5-14)10(13)4-8/h2-4,9H,6H2,1H3. The van der Waals surface area contributed by atoms with Crippen molar-refractivity contribution < 1.29 is 14.3 Å². The number of alkyl halides is 1. The molecule has 90 valence electrons. The van der Waals surface area contributed by atoms with Crippen LogP contribution in [0.3, 0.4) is 0 Å². The van der Waals surface area contributed by atoms with Gasteiger partial charge >= 0.3 is 5.97 Å². The van der Waals surface area contributed by atoms with Gasteiger partial charge in [-0.25, -0.2) is 0 Å². The largest absolute Gasteiger partial charge is 0.492 e. The van der Waals surface area contributed by atoms with Crippen LogP contribution >= 0.6 is 27.5 Å². The molecule has 1 unspecified atom stereocenters. The van der Waals surface area contributed by atoms with Crippen molar-refractivity contribution in [2.75, 3.05) is 13.7 Å². The van der Waals surface area contributed by atoms with Gasteiger partial charge < -0.3 is 9.47 Å². The summed E-state index contributed by atoms with van der Waals surface area (Å²) in [7, 11) is 1.30. The van der Waals surface area contributed by atoms with E-state index >= 15 is 0 Å². The summed E-state index contributed by atoms with van der Waals surface area (Å²) in [5.41, 5.74) is 0.377. The number of hydrogen-bond donors (Lipinski definition) is 0. The monoisotopic (exact) mass is 317 g/mol. The fourth-order valence-corrected chi connectivity index (χ4v) is 1.57. The first kappa shape index (κ1) is 13.8. The Morgan fingerprint density at radius 2 is 2.35 bits per heavy atom. The van der Waals surface area contributed by atoms with E-state index in [1.807, 2.05) is 6.07 Å². The Labute approximate surface area is 112 Å². The number of nitrogens with zero attached hydrogens (tertiary/aromatic N) is 1. The Kier molecular flexibility index (Phi) is 5.26. The number of benzene rings is 1. The molecule has 0 fully saturated rings. The van der Waals surface area contributed by atoms with Crippen molar-refractivity contribution in [1.29, 1.82) is 5.26 Å². The average Bonchev–Trinajstić information content (AvgIpc) is 2.35. The van der Waals surface area contributed by atoms with Crippen molar-refractivity contribution >= 4 is 33.5 Å². The predicted molar refractivity (Wildman–Crippen MR) is 66.4 cm³/mol. The molecule has 17 heavy (non-hydrogen) atoms. The smallest absolute Gasteiger partial charge is 0.322 e. The molecule has 0 bridgehead atoms. The second kappa shape index (κ2) is 6.48. The summed E-state index contributed by atoms with van der Waals surface area (Å²) >= 11 is 8.95. The van der Waals surface area contributed by atoms with Crippen molar-refractivity contribution in [3.8, 4) is 11.8 Å². The van der Waals surface area contributed by atoms with Gasteiger partial charge in [-0.05, 0) is 12.1 Å². The summed E-state index contributed by atoms with van der Waals surface area (Å²) < 4.78 is 9.86. The molecule has 6 heteroatoms. The molecule has 0 aliphatic rings. The van der Waals surface area contributed by atoms with Crippen LogP contribution in [0.4, 0.5) is 0 Å². The number of esters is 1. The number of ether oxygens (including phenoxy) is 2. The van der Waals surface area contributed by atoms with Gasteiger partial charge in [-0.2, -0.15) is 5.26 Å². The van der Waals surface area contributed by atoms with Crippen LogP contribution in [0.1, 0.15) is 5.56 Å². The SMILES string of the molecule is COC(=O)C(Br)COc1ccc(C#N)c(Cl)c1. The lowest BCUT2D eigenvalue weighted by molar-refractivity contribution is -0.140. The summed E-state index contributed by atoms with van der Waals surface area (Å²) in [6.45, 7) is 0.120. The van der Waals surface area contributed by atoms with E-state index in [0.717, 1.165) is 0 Å². The Morgan fingerprint density at radius 1 is 1.65 bits per heavy atom. The number of nitriles is 1. The summed E-state index contributed by atoms with van der Waals surface area (Å²) in [6.07, 6.45) is 0. The quantitative estimate of drug-likeness (QED) is 0.632. The van der Waals surface area contributed by atoms with Crippen LogP contribution in [0.2, 0.25) is 5.02 Å². The molecule has 0 saturated carbocycles. The Balaban J connectivity index is 2.62. The predicted octanol–water partition coefficient (Wildman–Crippen LogP) is 2.53. The minimum Gasteiger partial charge on any atom is -0.492 e. The number of carbonyl (C=O) groups is 1. The molecule has 0 saturated heterocycles. The van der Waals surface area contributed by atoms with E-state index in [9.17, 15) is 4.79 Å². The Bertz CT molecular complexity index is 459. The molecule has 4 nitrogen and oxygen atoms in total. The molecule has 1 aromatic carbocycles. The van der Waals surface area contributed by atoms with E-state index < -0.39 is 10.8 Å². The minimum atomic E-state index is -0.540. The zero-order chi connectivity index (χ0) is 12.8. The van der Waals surface area contributed by atoms with Gasteiger partial charge in [-0.15, -0.1) is 0 Å². The van der Waals surface area contributed by atoms with Crippen LogP contribution in [-0.2, 0) is 9.53 Å². The van der Waals surface area contributed by atoms with Gasteiger partial charge in [0.25, 0.3) is 0 Å². The molecule has 0 N–H and O–H groups in total. The lowest BCUT2D eigenvalue weighted by atomic mass is 10.2. The third-order valence-corrected chi connectivity index (χ3v) is 2.87. The third-order valence-electron chi connectivity index (χ3n) is 1.91. The second-order valence-electron chi connectivity index (χ2n) is 3.06. The zero-order valence-electron chi connectivity index (χ0n) is 8.94. The van der Waals surface area contributed by atoms with Gasteiger partial charge in [0.05, 0.1) is 17.7 Å². The maximum absolute atomic E-state index is 11.1. The van der Waals surface area contributed by atoms with E-state index in [0.29, 0.717) is 16.3 Å². The van der Waals surface area contributed by atoms with Crippen LogP contribution in [0, 0.1) is 11.3 Å². The van der Waals surface area contributed by atoms with Crippen molar-refractivity contribution in [3.05, 3.63) is 28.8 Å². The molecule has 0 aliphatic heterocycles. The molecule has 0 amide bonds. The van der Waals surface area contributed by atoms with Crippen LogP contribution < -0.4 is 4.74 Å². The number of rotatable bonds is 4. The number of methoxy groups -OCH3 is 1. The molecule has 1 rings (SSSR count). The first-order valence-electron chi connectivity index (χ1n) is 4.63. The summed E-state index contributed by atoms with van der Waals surface area (Å²) in [6, 6.07) is 6.64. The Morgan fingerprint density at radius 3 is 2.88 bits per heavy atom. The van der Waals surface area contributed by atoms with E-state index in [-0.39, 0.29) is 6.61 Å². The molecule has 1 atom stereocenters. The van der Waals surface area contributed by atoms with Crippen LogP contribution in [0.25, 0.3) is 0 Å². The minimum absolute atomic E-state index is 0.120. The van der Waals surface area contributed by atoms with Crippen LogP contribution in [0.5, 0.6) is 5.75 Å². The van der Waals surface area contributed by atoms with Gasteiger partial charge in [0.1, 0.15) is 23.3 Å². The molecule has 1 aromatic rings. The first-order chi connectivity index (χ1) is 8.08. The van der Waals surface area contributed by atoms with Crippen molar-refractivity contribution in [2.24, 2.45) is 0 Å². The van der Waals surface area contributed by atoms with E-state index in [4.69, 9.17) is 21.6 Å². The highest BCUT2D eigenvalue weighted by molar-refractivity contribution is 9.10. The topological polar surface area (TPSA) is 59.3 Å². The molecule has 0 spiro atoms. The molecule has 0 aromatic heterocycles. The molecule has 0 heterocycles. The van der Waals surface area contributed by atoms with Gasteiger partial charge in [0.15, 0.2) is 0 Å². The molecular weight excluding hydrogens is 309 g/mol. The third kappa shape index (κ3) is 3.91. The summed E-state index contributed by atoms with van der Waals surface area (Å²) in [5, 5.41) is 9.00. The van der Waals surface area contributed by atoms with Crippen molar-refractivity contribution in [1.82, 2.24) is 0 Å². The molecule has 0 aliphatic carbocycles. The maximum Gasteiger partial charge on any atom is 0.322 e. The highest BCUT2D eigenvalue weighted by Crippen LogP contribution is 2.22.